The molecule has 3 aliphatic rings. The summed E-state index contributed by atoms with van der Waals surface area (Å²) in [5.41, 5.74) is 19.4. The van der Waals surface area contributed by atoms with Crippen LogP contribution >= 0.6 is 0 Å². The molecule has 0 aliphatic heterocycles. The van der Waals surface area contributed by atoms with E-state index in [4.69, 9.17) is 0 Å². The summed E-state index contributed by atoms with van der Waals surface area (Å²) in [6, 6.07) is 63.0. The Balaban J connectivity index is 1.42. The lowest BCUT2D eigenvalue weighted by Gasteiger charge is -2.41. The highest BCUT2D eigenvalue weighted by Gasteiger charge is 2.55. The van der Waals surface area contributed by atoms with Gasteiger partial charge < -0.3 is 4.90 Å². The lowest BCUT2D eigenvalue weighted by Crippen LogP contribution is -2.36. The molecule has 0 unspecified atom stereocenters. The van der Waals surface area contributed by atoms with Crippen molar-refractivity contribution in [1.82, 2.24) is 0 Å². The van der Waals surface area contributed by atoms with Crippen molar-refractivity contribution in [3.8, 4) is 33.4 Å². The van der Waals surface area contributed by atoms with E-state index in [0.29, 0.717) is 0 Å². The monoisotopic (exact) mass is 677 g/mol. The van der Waals surface area contributed by atoms with Crippen molar-refractivity contribution < 1.29 is 0 Å². The van der Waals surface area contributed by atoms with Crippen molar-refractivity contribution in [3.05, 3.63) is 234 Å². The van der Waals surface area contributed by atoms with E-state index in [1.807, 2.05) is 6.08 Å². The zero-order valence-corrected chi connectivity index (χ0v) is 30.1. The van der Waals surface area contributed by atoms with Gasteiger partial charge in [0.05, 0.1) is 22.5 Å². The number of allylic oxidation sites excluding steroid dienone is 5. The van der Waals surface area contributed by atoms with Gasteiger partial charge in [0.1, 0.15) is 0 Å². The van der Waals surface area contributed by atoms with Gasteiger partial charge >= 0.3 is 0 Å². The Morgan fingerprint density at radius 1 is 0.453 bits per heavy atom. The van der Waals surface area contributed by atoms with Crippen LogP contribution in [0.1, 0.15) is 47.2 Å². The van der Waals surface area contributed by atoms with E-state index in [9.17, 15) is 0 Å². The molecule has 0 aromatic heterocycles. The van der Waals surface area contributed by atoms with Crippen LogP contribution in [0.5, 0.6) is 0 Å². The molecule has 0 radical (unpaired) electrons. The number of nitrogens with zero attached hydrogens (tertiary/aromatic N) is 1. The number of hydrogen-bond donors (Lipinski definition) is 0. The molecule has 0 N–H and O–H groups in total. The second-order valence-corrected chi connectivity index (χ2v) is 14.8. The summed E-state index contributed by atoms with van der Waals surface area (Å²) in [5, 5.41) is 0. The van der Waals surface area contributed by atoms with Crippen LogP contribution in [-0.2, 0) is 10.8 Å². The summed E-state index contributed by atoms with van der Waals surface area (Å²) < 4.78 is 0. The SMILES string of the molecule is C=C/C=C\C1=C(N(c2ccccc2-c2ccccc2)c2cccc3c2-c2ccccc2C3(C)C)C2(c3ccccc31)c1ccccc1-c1ccccc12. The summed E-state index contributed by atoms with van der Waals surface area (Å²) in [5.74, 6) is 0. The van der Waals surface area contributed by atoms with Crippen LogP contribution in [0.4, 0.5) is 11.4 Å². The maximum atomic E-state index is 4.14. The van der Waals surface area contributed by atoms with Gasteiger partial charge in [-0.2, -0.15) is 0 Å². The van der Waals surface area contributed by atoms with E-state index in [0.717, 1.165) is 5.69 Å². The molecule has 252 valence electrons. The van der Waals surface area contributed by atoms with Crippen LogP contribution in [0.3, 0.4) is 0 Å². The van der Waals surface area contributed by atoms with Crippen molar-refractivity contribution in [2.24, 2.45) is 0 Å². The Labute approximate surface area is 312 Å². The quantitative estimate of drug-likeness (QED) is 0.158. The second kappa shape index (κ2) is 11.8. The third-order valence-corrected chi connectivity index (χ3v) is 11.9. The van der Waals surface area contributed by atoms with Crippen LogP contribution in [0.25, 0.3) is 39.0 Å². The number of anilines is 2. The van der Waals surface area contributed by atoms with E-state index >= 15 is 0 Å². The van der Waals surface area contributed by atoms with Crippen LogP contribution in [-0.4, -0.2) is 0 Å². The fraction of sp³-hybridized carbons (Fsp3) is 0.0769. The Bertz CT molecular complexity index is 2620. The van der Waals surface area contributed by atoms with Crippen molar-refractivity contribution in [2.75, 3.05) is 4.90 Å². The maximum Gasteiger partial charge on any atom is 0.0881 e. The summed E-state index contributed by atoms with van der Waals surface area (Å²) >= 11 is 0. The number of benzene rings is 7. The molecule has 1 heteroatoms. The van der Waals surface area contributed by atoms with E-state index in [1.54, 1.807) is 0 Å². The minimum absolute atomic E-state index is 0.157. The fourth-order valence-corrected chi connectivity index (χ4v) is 9.73. The molecule has 7 aromatic rings. The van der Waals surface area contributed by atoms with Crippen molar-refractivity contribution in [1.29, 1.82) is 0 Å². The van der Waals surface area contributed by atoms with Gasteiger partial charge in [-0.3, -0.25) is 0 Å². The predicted octanol–water partition coefficient (Wildman–Crippen LogP) is 13.3. The fourth-order valence-electron chi connectivity index (χ4n) is 9.73. The topological polar surface area (TPSA) is 3.24 Å². The first kappa shape index (κ1) is 31.3. The van der Waals surface area contributed by atoms with Crippen LogP contribution in [0, 0.1) is 0 Å². The van der Waals surface area contributed by atoms with Crippen molar-refractivity contribution in [2.45, 2.75) is 24.7 Å². The number of rotatable bonds is 6. The van der Waals surface area contributed by atoms with Gasteiger partial charge in [0, 0.05) is 22.1 Å². The second-order valence-electron chi connectivity index (χ2n) is 14.8. The normalized spacial score (nSPS) is 15.2. The standard InChI is InChI=1S/C52H39N/c1-4-5-22-40-39-26-11-17-31-45(39)52(43-29-15-9-24-37(43)38-25-10-16-30-44(38)52)50(40)53(47-33-18-13-23-36(47)35-20-7-6-8-21-35)48-34-19-32-46-49(48)41-27-12-14-28-42(41)51(46,2)3/h4-34H,1H2,2-3H3/b22-5-. The molecule has 1 spiro atoms. The molecule has 0 amide bonds. The molecule has 10 rings (SSSR count). The highest BCUT2D eigenvalue weighted by atomic mass is 15.2. The molecule has 3 aliphatic carbocycles. The predicted molar refractivity (Wildman–Crippen MR) is 222 cm³/mol. The third kappa shape index (κ3) is 4.25. The molecule has 0 atom stereocenters. The number of para-hydroxylation sites is 1. The van der Waals surface area contributed by atoms with Gasteiger partial charge in [0.15, 0.2) is 0 Å². The number of hydrogen-bond acceptors (Lipinski definition) is 1. The Morgan fingerprint density at radius 2 is 0.943 bits per heavy atom. The molecular weight excluding hydrogens is 639 g/mol. The molecule has 53 heavy (non-hydrogen) atoms. The van der Waals surface area contributed by atoms with E-state index in [1.165, 1.54) is 83.7 Å². The first-order valence-electron chi connectivity index (χ1n) is 18.6. The molecule has 0 heterocycles. The van der Waals surface area contributed by atoms with Gasteiger partial charge in [-0.15, -0.1) is 0 Å². The third-order valence-electron chi connectivity index (χ3n) is 11.9. The lowest BCUT2D eigenvalue weighted by atomic mass is 9.71. The molecule has 0 saturated carbocycles. The summed E-state index contributed by atoms with van der Waals surface area (Å²) in [6.45, 7) is 8.89. The molecular formula is C52H39N. The van der Waals surface area contributed by atoms with Gasteiger partial charge in [-0.1, -0.05) is 196 Å². The smallest absolute Gasteiger partial charge is 0.0881 e. The van der Waals surface area contributed by atoms with Crippen molar-refractivity contribution in [3.63, 3.8) is 0 Å². The van der Waals surface area contributed by atoms with E-state index < -0.39 is 5.41 Å². The molecule has 0 fully saturated rings. The van der Waals surface area contributed by atoms with Gasteiger partial charge in [0.25, 0.3) is 0 Å². The first-order valence-corrected chi connectivity index (χ1v) is 18.6. The summed E-state index contributed by atoms with van der Waals surface area (Å²) in [6.07, 6.45) is 6.29. The highest BCUT2D eigenvalue weighted by molar-refractivity contribution is 6.04. The lowest BCUT2D eigenvalue weighted by molar-refractivity contribution is 0.660. The van der Waals surface area contributed by atoms with Gasteiger partial charge in [-0.05, 0) is 67.8 Å². The maximum absolute atomic E-state index is 4.14. The van der Waals surface area contributed by atoms with E-state index in [2.05, 4.69) is 207 Å². The molecule has 0 bridgehead atoms. The molecule has 7 aromatic carbocycles. The minimum Gasteiger partial charge on any atom is -0.311 e. The molecule has 1 nitrogen and oxygen atoms in total. The molecule has 0 saturated heterocycles. The van der Waals surface area contributed by atoms with Gasteiger partial charge in [0.2, 0.25) is 0 Å². The van der Waals surface area contributed by atoms with Crippen molar-refractivity contribution >= 4 is 16.9 Å². The Kier molecular flexibility index (Phi) is 6.97. The summed E-state index contributed by atoms with van der Waals surface area (Å²) in [4.78, 5) is 2.64. The largest absolute Gasteiger partial charge is 0.311 e. The minimum atomic E-state index is -0.606. The van der Waals surface area contributed by atoms with Crippen LogP contribution in [0.2, 0.25) is 0 Å². The first-order chi connectivity index (χ1) is 26.1. The van der Waals surface area contributed by atoms with Crippen LogP contribution in [0.15, 0.2) is 200 Å². The zero-order chi connectivity index (χ0) is 35.7. The zero-order valence-electron chi connectivity index (χ0n) is 30.1. The Morgan fingerprint density at radius 3 is 1.60 bits per heavy atom. The van der Waals surface area contributed by atoms with E-state index in [-0.39, 0.29) is 5.41 Å². The average Bonchev–Trinajstić information content (AvgIpc) is 3.76. The highest BCUT2D eigenvalue weighted by Crippen LogP contribution is 2.65. The average molecular weight is 678 g/mol. The number of fused-ring (bicyclic) bond motifs is 10. The van der Waals surface area contributed by atoms with Gasteiger partial charge in [-0.25, -0.2) is 0 Å². The summed E-state index contributed by atoms with van der Waals surface area (Å²) in [7, 11) is 0. The van der Waals surface area contributed by atoms with Crippen LogP contribution < -0.4 is 4.90 Å². The Hall–Kier alpha value is -6.44.